The van der Waals surface area contributed by atoms with E-state index in [1.165, 1.54) is 4.57 Å². The van der Waals surface area contributed by atoms with Crippen LogP contribution >= 0.6 is 11.6 Å². The number of nitrogens with one attached hydrogen (secondary N) is 1. The van der Waals surface area contributed by atoms with Gasteiger partial charge in [0.15, 0.2) is 0 Å². The lowest BCUT2D eigenvalue weighted by Crippen LogP contribution is -2.53. The highest BCUT2D eigenvalue weighted by Crippen LogP contribution is 2.23. The van der Waals surface area contributed by atoms with E-state index in [9.17, 15) is 24.6 Å². The molecule has 0 radical (unpaired) electrons. The highest BCUT2D eigenvalue weighted by molar-refractivity contribution is 6.30. The van der Waals surface area contributed by atoms with E-state index in [-0.39, 0.29) is 18.4 Å². The summed E-state index contributed by atoms with van der Waals surface area (Å²) >= 11 is 6.07. The van der Waals surface area contributed by atoms with Crippen molar-refractivity contribution in [3.8, 4) is 0 Å². The second kappa shape index (κ2) is 12.4. The number of carboxylic acid groups (broad SMARTS) is 2. The van der Waals surface area contributed by atoms with E-state index in [1.54, 1.807) is 24.8 Å². The van der Waals surface area contributed by atoms with Gasteiger partial charge >= 0.3 is 17.8 Å². The van der Waals surface area contributed by atoms with Crippen LogP contribution in [0, 0.1) is 5.92 Å². The maximum absolute atomic E-state index is 12.9. The van der Waals surface area contributed by atoms with Crippen LogP contribution in [0.5, 0.6) is 0 Å². The quantitative estimate of drug-likeness (QED) is 0.341. The summed E-state index contributed by atoms with van der Waals surface area (Å²) in [6, 6.07) is 14.8. The van der Waals surface area contributed by atoms with Crippen molar-refractivity contribution >= 4 is 29.4 Å². The van der Waals surface area contributed by atoms with Crippen LogP contribution in [0.25, 0.3) is 0 Å². The molecule has 8 nitrogen and oxygen atoms in total. The molecule has 0 aliphatic carbocycles. The number of carbonyl (C=O) groups is 3. The van der Waals surface area contributed by atoms with E-state index in [0.29, 0.717) is 5.02 Å². The van der Waals surface area contributed by atoms with Crippen molar-refractivity contribution < 1.29 is 33.7 Å². The van der Waals surface area contributed by atoms with Gasteiger partial charge in [0.1, 0.15) is 18.5 Å². The fourth-order valence-electron chi connectivity index (χ4n) is 4.00. The lowest BCUT2D eigenvalue weighted by atomic mass is 9.98. The molecule has 1 aromatic heterocycles. The number of hydrogen-bond donors (Lipinski definition) is 3. The lowest BCUT2D eigenvalue weighted by Gasteiger charge is -2.20. The molecule has 0 bridgehead atoms. The number of rotatable bonds is 11. The molecular formula is C27H30ClN3O5+2. The SMILES string of the molecule is CC(C)CC(NC(CC(=O)[n+]1cc[n+](C(c2ccccc2)c2ccc(Cl)cc2)cc1)C(=O)O)C(=O)O. The van der Waals surface area contributed by atoms with Crippen LogP contribution in [0.4, 0.5) is 0 Å². The first-order chi connectivity index (χ1) is 17.2. The van der Waals surface area contributed by atoms with Crippen molar-refractivity contribution in [2.24, 2.45) is 5.92 Å². The molecule has 3 unspecified atom stereocenters. The zero-order valence-corrected chi connectivity index (χ0v) is 20.9. The second-order valence-electron chi connectivity index (χ2n) is 8.99. The average molecular weight is 512 g/mol. The predicted molar refractivity (Wildman–Crippen MR) is 133 cm³/mol. The molecule has 0 aliphatic rings. The number of nitrogens with zero attached hydrogens (tertiary/aromatic N) is 2. The van der Waals surface area contributed by atoms with Gasteiger partial charge in [0.05, 0.1) is 0 Å². The summed E-state index contributed by atoms with van der Waals surface area (Å²) in [7, 11) is 0. The van der Waals surface area contributed by atoms with Gasteiger partial charge in [-0.15, -0.1) is 4.57 Å². The Hall–Kier alpha value is -3.62. The Bertz CT molecular complexity index is 1180. The van der Waals surface area contributed by atoms with E-state index >= 15 is 0 Å². The Kier molecular flexibility index (Phi) is 9.27. The van der Waals surface area contributed by atoms with Crippen molar-refractivity contribution in [1.29, 1.82) is 0 Å². The molecule has 0 amide bonds. The summed E-state index contributed by atoms with van der Waals surface area (Å²) in [6.07, 6.45) is 6.47. The summed E-state index contributed by atoms with van der Waals surface area (Å²) in [6.45, 7) is 3.70. The van der Waals surface area contributed by atoms with Gasteiger partial charge in [-0.2, -0.15) is 4.57 Å². The van der Waals surface area contributed by atoms with Gasteiger partial charge in [0.2, 0.25) is 30.8 Å². The maximum atomic E-state index is 12.9. The summed E-state index contributed by atoms with van der Waals surface area (Å²) in [4.78, 5) is 36.2. The topological polar surface area (TPSA) is 111 Å². The van der Waals surface area contributed by atoms with Crippen molar-refractivity contribution in [1.82, 2.24) is 5.32 Å². The lowest BCUT2D eigenvalue weighted by molar-refractivity contribution is -0.725. The molecule has 9 heteroatoms. The minimum atomic E-state index is -1.33. The van der Waals surface area contributed by atoms with Gasteiger partial charge in [0, 0.05) is 16.1 Å². The normalized spacial score (nSPS) is 13.7. The van der Waals surface area contributed by atoms with Gasteiger partial charge in [-0.3, -0.25) is 14.9 Å². The van der Waals surface area contributed by atoms with Crippen molar-refractivity contribution in [3.63, 3.8) is 0 Å². The summed E-state index contributed by atoms with van der Waals surface area (Å²) < 4.78 is 3.24. The summed E-state index contributed by atoms with van der Waals surface area (Å²) in [5, 5.41) is 22.3. The van der Waals surface area contributed by atoms with E-state index in [0.717, 1.165) is 11.1 Å². The Morgan fingerprint density at radius 1 is 0.833 bits per heavy atom. The standard InChI is InChI=1S/C27H28ClN3O5/c1-18(2)16-22(26(33)34)29-23(27(35)36)17-24(32)30-12-14-31(15-13-30)25(19-6-4-3-5-7-19)20-8-10-21(28)11-9-20/h3-15,18,22-23,25,29H,16-17H2,1-2H3/p+2. The van der Waals surface area contributed by atoms with Gasteiger partial charge in [0.25, 0.3) is 0 Å². The van der Waals surface area contributed by atoms with Crippen molar-refractivity contribution in [3.05, 3.63) is 95.5 Å². The highest BCUT2D eigenvalue weighted by atomic mass is 35.5. The Morgan fingerprint density at radius 3 is 1.92 bits per heavy atom. The molecule has 3 aromatic rings. The third kappa shape index (κ3) is 7.19. The molecule has 3 N–H and O–H groups in total. The molecule has 1 heterocycles. The monoisotopic (exact) mass is 511 g/mol. The summed E-state index contributed by atoms with van der Waals surface area (Å²) in [5.74, 6) is -2.86. The Labute approximate surface area is 214 Å². The van der Waals surface area contributed by atoms with Crippen LogP contribution in [0.1, 0.15) is 48.7 Å². The third-order valence-electron chi connectivity index (χ3n) is 5.77. The first-order valence-corrected chi connectivity index (χ1v) is 12.0. The molecule has 0 fully saturated rings. The van der Waals surface area contributed by atoms with Gasteiger partial charge < -0.3 is 10.2 Å². The molecular weight excluding hydrogens is 482 g/mol. The Balaban J connectivity index is 1.82. The fourth-order valence-corrected chi connectivity index (χ4v) is 4.13. The van der Waals surface area contributed by atoms with Crippen molar-refractivity contribution in [2.75, 3.05) is 0 Å². The number of carbonyl (C=O) groups excluding carboxylic acids is 1. The zero-order chi connectivity index (χ0) is 26.2. The minimum Gasteiger partial charge on any atom is -0.480 e. The third-order valence-corrected chi connectivity index (χ3v) is 6.02. The van der Waals surface area contributed by atoms with Crippen LogP contribution in [0.15, 0.2) is 79.4 Å². The van der Waals surface area contributed by atoms with E-state index in [2.05, 4.69) is 5.32 Å². The smallest absolute Gasteiger partial charge is 0.394 e. The number of aromatic nitrogens is 2. The maximum Gasteiger partial charge on any atom is 0.394 e. The largest absolute Gasteiger partial charge is 0.480 e. The minimum absolute atomic E-state index is 0.0425. The van der Waals surface area contributed by atoms with E-state index in [1.807, 2.05) is 73.0 Å². The first kappa shape index (κ1) is 27.0. The van der Waals surface area contributed by atoms with E-state index < -0.39 is 36.4 Å². The van der Waals surface area contributed by atoms with Crippen LogP contribution in [0.3, 0.4) is 0 Å². The molecule has 2 aromatic carbocycles. The first-order valence-electron chi connectivity index (χ1n) is 11.6. The molecule has 3 atom stereocenters. The van der Waals surface area contributed by atoms with Gasteiger partial charge in [-0.25, -0.2) is 4.79 Å². The number of benzene rings is 2. The predicted octanol–water partition coefficient (Wildman–Crippen LogP) is 3.13. The molecule has 0 saturated carbocycles. The number of carboxylic acids is 2. The van der Waals surface area contributed by atoms with Crippen LogP contribution in [-0.2, 0) is 9.59 Å². The molecule has 36 heavy (non-hydrogen) atoms. The zero-order valence-electron chi connectivity index (χ0n) is 20.1. The van der Waals surface area contributed by atoms with Gasteiger partial charge in [-0.1, -0.05) is 67.9 Å². The number of aliphatic carboxylic acids is 2. The van der Waals surface area contributed by atoms with Crippen LogP contribution in [-0.4, -0.2) is 40.1 Å². The number of halogens is 1. The number of hydrogen-bond acceptors (Lipinski definition) is 4. The highest BCUT2D eigenvalue weighted by Gasteiger charge is 2.32. The van der Waals surface area contributed by atoms with Gasteiger partial charge in [-0.05, 0) is 24.5 Å². The molecule has 0 saturated heterocycles. The molecule has 3 rings (SSSR count). The van der Waals surface area contributed by atoms with E-state index in [4.69, 9.17) is 11.6 Å². The second-order valence-corrected chi connectivity index (χ2v) is 9.43. The van der Waals surface area contributed by atoms with Crippen molar-refractivity contribution in [2.45, 2.75) is 44.8 Å². The molecule has 0 aliphatic heterocycles. The van der Waals surface area contributed by atoms with Crippen LogP contribution < -0.4 is 14.5 Å². The summed E-state index contributed by atoms with van der Waals surface area (Å²) in [5.41, 5.74) is 2.04. The average Bonchev–Trinajstić information content (AvgIpc) is 2.85. The molecule has 0 spiro atoms. The molecule has 188 valence electrons. The van der Waals surface area contributed by atoms with Crippen LogP contribution in [0.2, 0.25) is 5.02 Å². The Morgan fingerprint density at radius 2 is 1.39 bits per heavy atom. The fraction of sp³-hybridized carbons (Fsp3) is 0.296.